The zero-order valence-corrected chi connectivity index (χ0v) is 13.7. The highest BCUT2D eigenvalue weighted by atomic mass is 79.9. The van der Waals surface area contributed by atoms with Gasteiger partial charge in [0.2, 0.25) is 0 Å². The molecule has 0 heterocycles. The third-order valence-electron chi connectivity index (χ3n) is 2.71. The molecule has 7 heteroatoms. The van der Waals surface area contributed by atoms with Gasteiger partial charge in [-0.25, -0.2) is 4.79 Å². The maximum atomic E-state index is 12.1. The number of anilines is 2. The zero-order chi connectivity index (χ0) is 15.6. The zero-order valence-electron chi connectivity index (χ0n) is 10.6. The minimum absolute atomic E-state index is 0.0663. The lowest BCUT2D eigenvalue weighted by molar-refractivity contribution is 0.0695. The number of amides is 1. The molecule has 4 N–H and O–H groups in total. The van der Waals surface area contributed by atoms with Crippen LogP contribution in [-0.2, 0) is 0 Å². The second-order valence-corrected chi connectivity index (χ2v) is 5.96. The van der Waals surface area contributed by atoms with E-state index < -0.39 is 11.9 Å². The first kappa shape index (κ1) is 15.5. The molecule has 5 nitrogen and oxygen atoms in total. The molecule has 0 atom stereocenters. The number of carboxylic acid groups (broad SMARTS) is 1. The van der Waals surface area contributed by atoms with E-state index in [0.717, 1.165) is 4.47 Å². The highest BCUT2D eigenvalue weighted by Gasteiger charge is 2.13. The summed E-state index contributed by atoms with van der Waals surface area (Å²) in [6.07, 6.45) is 0. The number of carbonyl (C=O) groups excluding carboxylic acids is 1. The quantitative estimate of drug-likeness (QED) is 0.668. The van der Waals surface area contributed by atoms with Crippen LogP contribution in [0.2, 0.25) is 0 Å². The van der Waals surface area contributed by atoms with Crippen LogP contribution in [0.25, 0.3) is 0 Å². The van der Waals surface area contributed by atoms with Gasteiger partial charge in [0.25, 0.3) is 5.91 Å². The highest BCUT2D eigenvalue weighted by molar-refractivity contribution is 9.10. The average molecular weight is 414 g/mol. The van der Waals surface area contributed by atoms with Crippen LogP contribution in [0.5, 0.6) is 0 Å². The van der Waals surface area contributed by atoms with Crippen LogP contribution >= 0.6 is 31.9 Å². The fourth-order valence-corrected chi connectivity index (χ4v) is 2.50. The molecule has 2 rings (SSSR count). The number of nitrogens with two attached hydrogens (primary N) is 1. The number of hydrogen-bond acceptors (Lipinski definition) is 3. The molecule has 2 aromatic rings. The lowest BCUT2D eigenvalue weighted by Crippen LogP contribution is -2.14. The van der Waals surface area contributed by atoms with Gasteiger partial charge >= 0.3 is 5.97 Å². The fraction of sp³-hybridized carbons (Fsp3) is 0. The summed E-state index contributed by atoms with van der Waals surface area (Å²) < 4.78 is 1.21. The summed E-state index contributed by atoms with van der Waals surface area (Å²) in [5.41, 5.74) is 6.88. The van der Waals surface area contributed by atoms with Gasteiger partial charge in [-0.2, -0.15) is 0 Å². The molecule has 0 fully saturated rings. The number of aromatic carboxylic acids is 1. The van der Waals surface area contributed by atoms with Gasteiger partial charge < -0.3 is 16.2 Å². The number of benzene rings is 2. The third-order valence-corrected chi connectivity index (χ3v) is 3.90. The standard InChI is InChI=1S/C14H10Br2N2O3/c15-7-1-3-9(12(17)5-7)13(19)18-8-2-4-11(16)10(6-8)14(20)21/h1-6H,17H2,(H,18,19)(H,20,21). The van der Waals surface area contributed by atoms with Crippen LogP contribution in [0, 0.1) is 0 Å². The molecule has 0 saturated heterocycles. The van der Waals surface area contributed by atoms with E-state index in [1.165, 1.54) is 6.07 Å². The number of nitrogen functional groups attached to an aromatic ring is 1. The molecule has 0 aliphatic heterocycles. The predicted molar refractivity (Wildman–Crippen MR) is 87.6 cm³/mol. The van der Waals surface area contributed by atoms with Gasteiger partial charge in [-0.1, -0.05) is 15.9 Å². The van der Waals surface area contributed by atoms with Crippen LogP contribution in [0.1, 0.15) is 20.7 Å². The van der Waals surface area contributed by atoms with Crippen LogP contribution in [0.15, 0.2) is 45.3 Å². The van der Waals surface area contributed by atoms with Crippen molar-refractivity contribution in [2.75, 3.05) is 11.1 Å². The predicted octanol–water partition coefficient (Wildman–Crippen LogP) is 3.74. The van der Waals surface area contributed by atoms with Gasteiger partial charge in [0.05, 0.1) is 11.1 Å². The van der Waals surface area contributed by atoms with E-state index in [-0.39, 0.29) is 5.56 Å². The van der Waals surface area contributed by atoms with Crippen molar-refractivity contribution in [1.29, 1.82) is 0 Å². The number of nitrogens with one attached hydrogen (secondary N) is 1. The first-order valence-electron chi connectivity index (χ1n) is 5.77. The minimum Gasteiger partial charge on any atom is -0.478 e. The molecular weight excluding hydrogens is 404 g/mol. The Morgan fingerprint density at radius 2 is 1.76 bits per heavy atom. The van der Waals surface area contributed by atoms with Crippen LogP contribution < -0.4 is 11.1 Å². The Labute approximate surface area is 137 Å². The summed E-state index contributed by atoms with van der Waals surface area (Å²) in [5.74, 6) is -1.49. The summed E-state index contributed by atoms with van der Waals surface area (Å²) in [4.78, 5) is 23.2. The molecular formula is C14H10Br2N2O3. The topological polar surface area (TPSA) is 92.4 Å². The molecule has 0 bridgehead atoms. The van der Waals surface area contributed by atoms with E-state index in [1.54, 1.807) is 30.3 Å². The molecule has 0 aliphatic carbocycles. The van der Waals surface area contributed by atoms with Gasteiger partial charge in [-0.15, -0.1) is 0 Å². The number of hydrogen-bond donors (Lipinski definition) is 3. The SMILES string of the molecule is Nc1cc(Br)ccc1C(=O)Nc1ccc(Br)c(C(=O)O)c1. The summed E-state index contributed by atoms with van der Waals surface area (Å²) in [7, 11) is 0. The van der Waals surface area contributed by atoms with Crippen molar-refractivity contribution < 1.29 is 14.7 Å². The van der Waals surface area contributed by atoms with Gasteiger partial charge in [-0.3, -0.25) is 4.79 Å². The summed E-state index contributed by atoms with van der Waals surface area (Å²) in [6, 6.07) is 9.45. The van der Waals surface area contributed by atoms with Gasteiger partial charge in [0, 0.05) is 20.3 Å². The van der Waals surface area contributed by atoms with Crippen molar-refractivity contribution in [2.24, 2.45) is 0 Å². The largest absolute Gasteiger partial charge is 0.478 e. The molecule has 2 aromatic carbocycles. The Hall–Kier alpha value is -1.86. The summed E-state index contributed by atoms with van der Waals surface area (Å²) in [6.45, 7) is 0. The first-order chi connectivity index (χ1) is 9.88. The number of halogens is 2. The van der Waals surface area contributed by atoms with Crippen molar-refractivity contribution in [2.45, 2.75) is 0 Å². The summed E-state index contributed by atoms with van der Waals surface area (Å²) in [5, 5.41) is 11.7. The second kappa shape index (κ2) is 6.28. The molecule has 108 valence electrons. The van der Waals surface area contributed by atoms with E-state index in [4.69, 9.17) is 10.8 Å². The Bertz CT molecular complexity index is 732. The van der Waals surface area contributed by atoms with E-state index >= 15 is 0 Å². The van der Waals surface area contributed by atoms with E-state index in [9.17, 15) is 9.59 Å². The van der Waals surface area contributed by atoms with Gasteiger partial charge in [0.15, 0.2) is 0 Å². The molecule has 1 amide bonds. The average Bonchev–Trinajstić information content (AvgIpc) is 2.40. The molecule has 0 radical (unpaired) electrons. The van der Waals surface area contributed by atoms with Crippen LogP contribution in [-0.4, -0.2) is 17.0 Å². The van der Waals surface area contributed by atoms with Crippen LogP contribution in [0.3, 0.4) is 0 Å². The van der Waals surface area contributed by atoms with Crippen molar-refractivity contribution in [3.05, 3.63) is 56.5 Å². The van der Waals surface area contributed by atoms with Crippen molar-refractivity contribution in [3.63, 3.8) is 0 Å². The molecule has 0 aromatic heterocycles. The number of carbonyl (C=O) groups is 2. The van der Waals surface area contributed by atoms with Gasteiger partial charge in [0.1, 0.15) is 0 Å². The maximum absolute atomic E-state index is 12.1. The highest BCUT2D eigenvalue weighted by Crippen LogP contribution is 2.23. The lowest BCUT2D eigenvalue weighted by Gasteiger charge is -2.09. The van der Waals surface area contributed by atoms with Crippen LogP contribution in [0.4, 0.5) is 11.4 Å². The third kappa shape index (κ3) is 3.62. The minimum atomic E-state index is -1.08. The molecule has 0 unspecified atom stereocenters. The second-order valence-electron chi connectivity index (χ2n) is 4.19. The Morgan fingerprint density at radius 3 is 2.38 bits per heavy atom. The first-order valence-corrected chi connectivity index (χ1v) is 7.36. The van der Waals surface area contributed by atoms with Crippen molar-refractivity contribution >= 4 is 55.1 Å². The molecule has 0 saturated carbocycles. The number of carboxylic acids is 1. The Morgan fingerprint density at radius 1 is 1.05 bits per heavy atom. The lowest BCUT2D eigenvalue weighted by atomic mass is 10.1. The van der Waals surface area contributed by atoms with Crippen molar-refractivity contribution in [3.8, 4) is 0 Å². The monoisotopic (exact) mass is 412 g/mol. The smallest absolute Gasteiger partial charge is 0.336 e. The Kier molecular flexibility index (Phi) is 4.64. The molecule has 0 aliphatic rings. The van der Waals surface area contributed by atoms with E-state index in [0.29, 0.717) is 21.4 Å². The molecule has 0 spiro atoms. The maximum Gasteiger partial charge on any atom is 0.336 e. The molecule has 21 heavy (non-hydrogen) atoms. The summed E-state index contributed by atoms with van der Waals surface area (Å²) >= 11 is 6.41. The van der Waals surface area contributed by atoms with E-state index in [1.807, 2.05) is 0 Å². The Balaban J connectivity index is 2.27. The van der Waals surface area contributed by atoms with Crippen molar-refractivity contribution in [1.82, 2.24) is 0 Å². The fourth-order valence-electron chi connectivity index (χ4n) is 1.71. The number of rotatable bonds is 3. The van der Waals surface area contributed by atoms with Gasteiger partial charge in [-0.05, 0) is 52.3 Å². The normalized spacial score (nSPS) is 10.2. The van der Waals surface area contributed by atoms with E-state index in [2.05, 4.69) is 37.2 Å².